The second kappa shape index (κ2) is 3.59. The summed E-state index contributed by atoms with van der Waals surface area (Å²) in [4.78, 5) is 0.222. The van der Waals surface area contributed by atoms with Crippen molar-refractivity contribution in [2.24, 2.45) is 0 Å². The minimum atomic E-state index is -4.48. The summed E-state index contributed by atoms with van der Waals surface area (Å²) in [5.41, 5.74) is -0.947. The van der Waals surface area contributed by atoms with E-state index in [1.54, 1.807) is 0 Å². The van der Waals surface area contributed by atoms with Crippen molar-refractivity contribution in [2.75, 3.05) is 0 Å². The van der Waals surface area contributed by atoms with E-state index in [2.05, 4.69) is 12.6 Å². The highest BCUT2D eigenvalue weighted by molar-refractivity contribution is 7.80. The van der Waals surface area contributed by atoms with Gasteiger partial charge in [-0.3, -0.25) is 0 Å². The normalized spacial score (nSPS) is 11.8. The number of benzene rings is 1. The molecular weight excluding hydrogens is 244 g/mol. The quantitative estimate of drug-likeness (QED) is 0.649. The summed E-state index contributed by atoms with van der Waals surface area (Å²) in [7, 11) is 0. The van der Waals surface area contributed by atoms with E-state index in [-0.39, 0.29) is 9.92 Å². The summed E-state index contributed by atoms with van der Waals surface area (Å²) in [6, 6.07) is 2.00. The van der Waals surface area contributed by atoms with Crippen LogP contribution in [-0.2, 0) is 6.18 Å². The average molecular weight is 247 g/mol. The number of hydrogen-bond donors (Lipinski definition) is 1. The van der Waals surface area contributed by atoms with Gasteiger partial charge in [-0.05, 0) is 12.1 Å². The van der Waals surface area contributed by atoms with Crippen LogP contribution in [0.25, 0.3) is 0 Å². The molecule has 0 unspecified atom stereocenters. The average Bonchev–Trinajstić information content (AvgIpc) is 1.98. The lowest BCUT2D eigenvalue weighted by atomic mass is 10.2. The SMILES string of the molecule is FC(F)(F)c1ccc(S)c(Cl)c1Cl. The summed E-state index contributed by atoms with van der Waals surface area (Å²) in [6.07, 6.45) is -4.48. The van der Waals surface area contributed by atoms with Gasteiger partial charge < -0.3 is 0 Å². The smallest absolute Gasteiger partial charge is 0.166 e. The van der Waals surface area contributed by atoms with Crippen LogP contribution in [0.5, 0.6) is 0 Å². The lowest BCUT2D eigenvalue weighted by Gasteiger charge is -2.10. The first-order valence-corrected chi connectivity index (χ1v) is 4.28. The standard InChI is InChI=1S/C7H3Cl2F3S/c8-5-3(7(10,11)12)1-2-4(13)6(5)9/h1-2,13H. The van der Waals surface area contributed by atoms with Crippen LogP contribution in [0.15, 0.2) is 17.0 Å². The fraction of sp³-hybridized carbons (Fsp3) is 0.143. The molecule has 0 aliphatic heterocycles. The van der Waals surface area contributed by atoms with E-state index < -0.39 is 16.8 Å². The van der Waals surface area contributed by atoms with Gasteiger partial charge >= 0.3 is 6.18 Å². The van der Waals surface area contributed by atoms with Crippen molar-refractivity contribution in [3.63, 3.8) is 0 Å². The number of thiol groups is 1. The Morgan fingerprint density at radius 2 is 1.62 bits per heavy atom. The summed E-state index contributed by atoms with van der Waals surface area (Å²) < 4.78 is 36.6. The Balaban J connectivity index is 3.35. The van der Waals surface area contributed by atoms with Gasteiger partial charge in [0.1, 0.15) is 0 Å². The predicted molar refractivity (Wildman–Crippen MR) is 48.7 cm³/mol. The summed E-state index contributed by atoms with van der Waals surface area (Å²) in [5.74, 6) is 0. The first kappa shape index (κ1) is 11.0. The molecule has 0 amide bonds. The molecule has 0 fully saturated rings. The monoisotopic (exact) mass is 246 g/mol. The molecule has 0 aliphatic carbocycles. The van der Waals surface area contributed by atoms with E-state index in [1.807, 2.05) is 0 Å². The van der Waals surface area contributed by atoms with Crippen LogP contribution in [-0.4, -0.2) is 0 Å². The summed E-state index contributed by atoms with van der Waals surface area (Å²) in [6.45, 7) is 0. The fourth-order valence-electron chi connectivity index (χ4n) is 0.758. The van der Waals surface area contributed by atoms with Gasteiger partial charge in [-0.1, -0.05) is 23.2 Å². The van der Waals surface area contributed by atoms with Gasteiger partial charge in [0.15, 0.2) is 0 Å². The van der Waals surface area contributed by atoms with Crippen LogP contribution >= 0.6 is 35.8 Å². The molecule has 0 saturated carbocycles. The van der Waals surface area contributed by atoms with Crippen molar-refractivity contribution in [3.8, 4) is 0 Å². The highest BCUT2D eigenvalue weighted by Gasteiger charge is 2.34. The van der Waals surface area contributed by atoms with Crippen molar-refractivity contribution >= 4 is 35.8 Å². The highest BCUT2D eigenvalue weighted by Crippen LogP contribution is 2.40. The number of hydrogen-bond acceptors (Lipinski definition) is 1. The molecule has 1 aromatic rings. The van der Waals surface area contributed by atoms with E-state index in [0.29, 0.717) is 0 Å². The van der Waals surface area contributed by atoms with Crippen molar-refractivity contribution in [1.29, 1.82) is 0 Å². The minimum Gasteiger partial charge on any atom is -0.166 e. The third-order valence-corrected chi connectivity index (χ3v) is 2.75. The second-order valence-electron chi connectivity index (χ2n) is 2.26. The lowest BCUT2D eigenvalue weighted by molar-refractivity contribution is -0.137. The van der Waals surface area contributed by atoms with Gasteiger partial charge in [-0.15, -0.1) is 12.6 Å². The number of rotatable bonds is 0. The molecule has 72 valence electrons. The molecular formula is C7H3Cl2F3S. The molecule has 0 nitrogen and oxygen atoms in total. The Labute approximate surface area is 88.1 Å². The third-order valence-electron chi connectivity index (χ3n) is 1.37. The van der Waals surface area contributed by atoms with Crippen molar-refractivity contribution in [1.82, 2.24) is 0 Å². The molecule has 0 heterocycles. The molecule has 0 saturated heterocycles. The van der Waals surface area contributed by atoms with Gasteiger partial charge in [-0.2, -0.15) is 13.2 Å². The van der Waals surface area contributed by atoms with Crippen LogP contribution in [0.2, 0.25) is 10.0 Å². The zero-order valence-electron chi connectivity index (χ0n) is 5.99. The Hall–Kier alpha value is -0.0600. The molecule has 6 heteroatoms. The Bertz CT molecular complexity index is 335. The van der Waals surface area contributed by atoms with Crippen molar-refractivity contribution in [3.05, 3.63) is 27.7 Å². The van der Waals surface area contributed by atoms with E-state index in [9.17, 15) is 13.2 Å². The second-order valence-corrected chi connectivity index (χ2v) is 3.50. The Morgan fingerprint density at radius 1 is 1.08 bits per heavy atom. The van der Waals surface area contributed by atoms with Gasteiger partial charge in [0.25, 0.3) is 0 Å². The van der Waals surface area contributed by atoms with Gasteiger partial charge in [0.05, 0.1) is 15.6 Å². The maximum atomic E-state index is 12.2. The highest BCUT2D eigenvalue weighted by atomic mass is 35.5. The first-order chi connectivity index (χ1) is 5.84. The molecule has 1 rings (SSSR count). The molecule has 0 N–H and O–H groups in total. The van der Waals surface area contributed by atoms with Gasteiger partial charge in [-0.25, -0.2) is 0 Å². The fourth-order valence-corrected chi connectivity index (χ4v) is 1.45. The largest absolute Gasteiger partial charge is 0.417 e. The van der Waals surface area contributed by atoms with Gasteiger partial charge in [0, 0.05) is 4.90 Å². The zero-order chi connectivity index (χ0) is 10.2. The summed E-state index contributed by atoms with van der Waals surface area (Å²) >= 11 is 14.7. The maximum Gasteiger partial charge on any atom is 0.417 e. The zero-order valence-corrected chi connectivity index (χ0v) is 8.40. The van der Waals surface area contributed by atoms with Crippen LogP contribution < -0.4 is 0 Å². The van der Waals surface area contributed by atoms with Crippen molar-refractivity contribution in [2.45, 2.75) is 11.1 Å². The maximum absolute atomic E-state index is 12.2. The van der Waals surface area contributed by atoms with E-state index in [4.69, 9.17) is 23.2 Å². The van der Waals surface area contributed by atoms with E-state index >= 15 is 0 Å². The van der Waals surface area contributed by atoms with Crippen LogP contribution in [0.4, 0.5) is 13.2 Å². The topological polar surface area (TPSA) is 0 Å². The molecule has 0 atom stereocenters. The lowest BCUT2D eigenvalue weighted by Crippen LogP contribution is -2.05. The molecule has 0 radical (unpaired) electrons. The van der Waals surface area contributed by atoms with Crippen LogP contribution in [0.1, 0.15) is 5.56 Å². The molecule has 0 bridgehead atoms. The predicted octanol–water partition coefficient (Wildman–Crippen LogP) is 4.30. The van der Waals surface area contributed by atoms with Crippen molar-refractivity contribution < 1.29 is 13.2 Å². The first-order valence-electron chi connectivity index (χ1n) is 3.08. The number of halogens is 5. The molecule has 0 spiro atoms. The number of alkyl halides is 3. The van der Waals surface area contributed by atoms with E-state index in [0.717, 1.165) is 12.1 Å². The molecule has 13 heavy (non-hydrogen) atoms. The molecule has 0 aromatic heterocycles. The summed E-state index contributed by atoms with van der Waals surface area (Å²) in [5, 5.41) is -0.693. The molecule has 1 aromatic carbocycles. The minimum absolute atomic E-state index is 0.181. The van der Waals surface area contributed by atoms with Crippen LogP contribution in [0, 0.1) is 0 Å². The Kier molecular flexibility index (Phi) is 3.05. The Morgan fingerprint density at radius 3 is 2.08 bits per heavy atom. The van der Waals surface area contributed by atoms with Crippen LogP contribution in [0.3, 0.4) is 0 Å². The molecule has 0 aliphatic rings. The third kappa shape index (κ3) is 2.24. The van der Waals surface area contributed by atoms with E-state index in [1.165, 1.54) is 0 Å². The van der Waals surface area contributed by atoms with Gasteiger partial charge in [0.2, 0.25) is 0 Å².